The van der Waals surface area contributed by atoms with Crippen LogP contribution in [0.2, 0.25) is 0 Å². The lowest BCUT2D eigenvalue weighted by Crippen LogP contribution is -2.50. The maximum absolute atomic E-state index is 14.0. The van der Waals surface area contributed by atoms with Crippen molar-refractivity contribution < 1.29 is 22.4 Å². The van der Waals surface area contributed by atoms with Crippen LogP contribution in [0.5, 0.6) is 0 Å². The first-order chi connectivity index (χ1) is 21.7. The van der Waals surface area contributed by atoms with Gasteiger partial charge in [0.05, 0.1) is 4.90 Å². The maximum atomic E-state index is 14.0. The van der Waals surface area contributed by atoms with Crippen molar-refractivity contribution in [2.24, 2.45) is 0 Å². The molecule has 2 amide bonds. The van der Waals surface area contributed by atoms with Gasteiger partial charge in [0.2, 0.25) is 21.8 Å². The van der Waals surface area contributed by atoms with Gasteiger partial charge in [0, 0.05) is 32.0 Å². The van der Waals surface area contributed by atoms with Crippen LogP contribution in [0, 0.1) is 12.7 Å². The normalized spacial score (nSPS) is 13.6. The van der Waals surface area contributed by atoms with E-state index >= 15 is 0 Å². The topological polar surface area (TPSA) is 95.6 Å². The molecule has 2 N–H and O–H groups in total. The molecule has 0 aromatic heterocycles. The van der Waals surface area contributed by atoms with E-state index in [1.54, 1.807) is 41.3 Å². The SMILES string of the molecule is Cc1ccc(CNC(=O)[C@H](Cc2ccccc2)N(Cc2ccc(F)cc2)C(=O)CCc2ccc(S(=O)(=O)NC3CC3)cc2)cc1. The Labute approximate surface area is 264 Å². The van der Waals surface area contributed by atoms with Crippen LogP contribution < -0.4 is 10.0 Å². The van der Waals surface area contributed by atoms with Crippen molar-refractivity contribution in [1.82, 2.24) is 14.9 Å². The molecule has 4 aromatic carbocycles. The lowest BCUT2D eigenvalue weighted by molar-refractivity contribution is -0.141. The van der Waals surface area contributed by atoms with Gasteiger partial charge < -0.3 is 10.2 Å². The number of benzene rings is 4. The minimum atomic E-state index is -3.57. The van der Waals surface area contributed by atoms with Crippen molar-refractivity contribution in [3.8, 4) is 0 Å². The van der Waals surface area contributed by atoms with Gasteiger partial charge in [-0.3, -0.25) is 9.59 Å². The fourth-order valence-corrected chi connectivity index (χ4v) is 6.38. The number of rotatable bonds is 14. The molecule has 7 nitrogen and oxygen atoms in total. The summed E-state index contributed by atoms with van der Waals surface area (Å²) in [5.41, 5.74) is 4.48. The summed E-state index contributed by atoms with van der Waals surface area (Å²) in [6, 6.07) is 29.1. The number of hydrogen-bond acceptors (Lipinski definition) is 4. The molecule has 1 fully saturated rings. The van der Waals surface area contributed by atoms with E-state index in [9.17, 15) is 22.4 Å². The monoisotopic (exact) mass is 627 g/mol. The van der Waals surface area contributed by atoms with Crippen molar-refractivity contribution >= 4 is 21.8 Å². The Morgan fingerprint density at radius 2 is 1.44 bits per heavy atom. The molecule has 1 atom stereocenters. The van der Waals surface area contributed by atoms with Crippen LogP contribution in [-0.4, -0.2) is 37.2 Å². The van der Waals surface area contributed by atoms with Crippen LogP contribution in [0.4, 0.5) is 4.39 Å². The Kier molecular flexibility index (Phi) is 10.4. The van der Waals surface area contributed by atoms with Gasteiger partial charge >= 0.3 is 0 Å². The van der Waals surface area contributed by atoms with Gasteiger partial charge in [-0.2, -0.15) is 0 Å². The van der Waals surface area contributed by atoms with Crippen molar-refractivity contribution in [1.29, 1.82) is 0 Å². The minimum Gasteiger partial charge on any atom is -0.350 e. The number of nitrogens with zero attached hydrogens (tertiary/aromatic N) is 1. The minimum absolute atomic E-state index is 0.0114. The van der Waals surface area contributed by atoms with Crippen LogP contribution in [0.1, 0.15) is 47.1 Å². The predicted octanol–water partition coefficient (Wildman–Crippen LogP) is 5.46. The van der Waals surface area contributed by atoms with Crippen molar-refractivity contribution in [2.75, 3.05) is 0 Å². The van der Waals surface area contributed by atoms with Crippen LogP contribution in [0.25, 0.3) is 0 Å². The van der Waals surface area contributed by atoms with Gasteiger partial charge in [-0.1, -0.05) is 84.4 Å². The van der Waals surface area contributed by atoms with E-state index in [1.165, 1.54) is 12.1 Å². The average Bonchev–Trinajstić information content (AvgIpc) is 3.86. The highest BCUT2D eigenvalue weighted by Crippen LogP contribution is 2.23. The van der Waals surface area contributed by atoms with Gasteiger partial charge in [-0.25, -0.2) is 17.5 Å². The summed E-state index contributed by atoms with van der Waals surface area (Å²) in [5, 5.41) is 3.03. The molecule has 0 heterocycles. The lowest BCUT2D eigenvalue weighted by atomic mass is 10.0. The zero-order chi connectivity index (χ0) is 31.8. The molecule has 0 saturated heterocycles. The molecule has 234 valence electrons. The second kappa shape index (κ2) is 14.6. The third-order valence-electron chi connectivity index (χ3n) is 7.88. The Bertz CT molecular complexity index is 1690. The van der Waals surface area contributed by atoms with Gasteiger partial charge in [-0.05, 0) is 72.7 Å². The largest absolute Gasteiger partial charge is 0.350 e. The number of amides is 2. The number of nitrogens with one attached hydrogen (secondary N) is 2. The fraction of sp³-hybridized carbons (Fsp3) is 0.278. The molecular formula is C36H38FN3O4S. The molecule has 0 aliphatic heterocycles. The number of sulfonamides is 1. The summed E-state index contributed by atoms with van der Waals surface area (Å²) in [6.07, 6.45) is 2.46. The Morgan fingerprint density at radius 1 is 0.822 bits per heavy atom. The fourth-order valence-electron chi connectivity index (χ4n) is 5.07. The van der Waals surface area contributed by atoms with E-state index in [0.717, 1.165) is 35.1 Å². The standard InChI is InChI=1S/C36H38FN3O4S/c1-26-7-9-29(10-8-26)24-38-36(42)34(23-28-5-3-2-4-6-28)40(25-30-11-16-31(37)17-12-30)35(41)22-15-27-13-20-33(21-14-27)45(43,44)39-32-18-19-32/h2-14,16-17,20-21,32,34,39H,15,18-19,22-25H2,1H3,(H,38,42)/t34-/m0/s1. The van der Waals surface area contributed by atoms with E-state index in [0.29, 0.717) is 24.9 Å². The number of halogens is 1. The quantitative estimate of drug-likeness (QED) is 0.194. The van der Waals surface area contributed by atoms with Gasteiger partial charge in [-0.15, -0.1) is 0 Å². The number of hydrogen-bond donors (Lipinski definition) is 2. The highest BCUT2D eigenvalue weighted by Gasteiger charge is 2.31. The van der Waals surface area contributed by atoms with Gasteiger partial charge in [0.25, 0.3) is 0 Å². The third-order valence-corrected chi connectivity index (χ3v) is 9.42. The zero-order valence-corrected chi connectivity index (χ0v) is 26.1. The molecule has 0 radical (unpaired) electrons. The highest BCUT2D eigenvalue weighted by atomic mass is 32.2. The van der Waals surface area contributed by atoms with Crippen LogP contribution in [0.3, 0.4) is 0 Å². The molecule has 0 bridgehead atoms. The average molecular weight is 628 g/mol. The van der Waals surface area contributed by atoms with E-state index < -0.39 is 16.1 Å². The molecule has 5 rings (SSSR count). The first-order valence-corrected chi connectivity index (χ1v) is 16.7. The van der Waals surface area contributed by atoms with E-state index in [4.69, 9.17) is 0 Å². The summed E-state index contributed by atoms with van der Waals surface area (Å²) in [6.45, 7) is 2.44. The zero-order valence-electron chi connectivity index (χ0n) is 25.3. The molecule has 1 aliphatic rings. The summed E-state index contributed by atoms with van der Waals surface area (Å²) in [4.78, 5) is 29.6. The summed E-state index contributed by atoms with van der Waals surface area (Å²) < 4.78 is 41.5. The first kappa shape index (κ1) is 32.1. The molecule has 1 aliphatic carbocycles. The second-order valence-electron chi connectivity index (χ2n) is 11.6. The van der Waals surface area contributed by atoms with Crippen LogP contribution in [0.15, 0.2) is 108 Å². The molecular weight excluding hydrogens is 589 g/mol. The molecule has 45 heavy (non-hydrogen) atoms. The Morgan fingerprint density at radius 3 is 2.09 bits per heavy atom. The smallest absolute Gasteiger partial charge is 0.243 e. The highest BCUT2D eigenvalue weighted by molar-refractivity contribution is 7.89. The third kappa shape index (κ3) is 9.33. The summed E-state index contributed by atoms with van der Waals surface area (Å²) in [7, 11) is -3.57. The number of carbonyl (C=O) groups is 2. The first-order valence-electron chi connectivity index (χ1n) is 15.2. The van der Waals surface area contributed by atoms with E-state index in [2.05, 4.69) is 10.0 Å². The van der Waals surface area contributed by atoms with Crippen LogP contribution >= 0.6 is 0 Å². The molecule has 0 unspecified atom stereocenters. The van der Waals surface area contributed by atoms with Crippen molar-refractivity contribution in [3.63, 3.8) is 0 Å². The second-order valence-corrected chi connectivity index (χ2v) is 13.3. The summed E-state index contributed by atoms with van der Waals surface area (Å²) in [5.74, 6) is -0.906. The molecule has 1 saturated carbocycles. The van der Waals surface area contributed by atoms with E-state index in [-0.39, 0.29) is 41.5 Å². The lowest BCUT2D eigenvalue weighted by Gasteiger charge is -2.32. The Balaban J connectivity index is 1.36. The molecule has 0 spiro atoms. The van der Waals surface area contributed by atoms with Crippen molar-refractivity contribution in [3.05, 3.63) is 137 Å². The van der Waals surface area contributed by atoms with Gasteiger partial charge in [0.15, 0.2) is 0 Å². The van der Waals surface area contributed by atoms with Gasteiger partial charge in [0.1, 0.15) is 11.9 Å². The van der Waals surface area contributed by atoms with Crippen molar-refractivity contribution in [2.45, 2.75) is 69.1 Å². The number of carbonyl (C=O) groups excluding carboxylic acids is 2. The maximum Gasteiger partial charge on any atom is 0.243 e. The predicted molar refractivity (Wildman–Crippen MR) is 172 cm³/mol. The summed E-state index contributed by atoms with van der Waals surface area (Å²) >= 11 is 0. The van der Waals surface area contributed by atoms with E-state index in [1.807, 2.05) is 61.5 Å². The molecule has 4 aromatic rings. The Hall–Kier alpha value is -4.34. The van der Waals surface area contributed by atoms with Crippen LogP contribution in [-0.2, 0) is 45.5 Å². The number of aryl methyl sites for hydroxylation is 2. The molecule has 9 heteroatoms.